The minimum atomic E-state index is 0.00563. The van der Waals surface area contributed by atoms with Crippen LogP contribution in [0.2, 0.25) is 5.02 Å². The molecule has 2 aromatic heterocycles. The maximum absolute atomic E-state index is 13.0. The normalized spacial score (nSPS) is 17.6. The third-order valence-corrected chi connectivity index (χ3v) is 6.42. The predicted octanol–water partition coefficient (Wildman–Crippen LogP) is 4.62. The fraction of sp³-hybridized carbons (Fsp3) is 0.381. The van der Waals surface area contributed by atoms with Crippen LogP contribution in [0.4, 0.5) is 0 Å². The summed E-state index contributed by atoms with van der Waals surface area (Å²) in [4.78, 5) is 15.3. The molecule has 6 nitrogen and oxygen atoms in total. The number of furan rings is 1. The lowest BCUT2D eigenvalue weighted by Gasteiger charge is -2.31. The Balaban J connectivity index is 1.39. The van der Waals surface area contributed by atoms with E-state index >= 15 is 0 Å². The summed E-state index contributed by atoms with van der Waals surface area (Å²) < 4.78 is 7.82. The van der Waals surface area contributed by atoms with Crippen LogP contribution in [0, 0.1) is 12.8 Å². The van der Waals surface area contributed by atoms with Crippen molar-refractivity contribution in [3.8, 4) is 0 Å². The van der Waals surface area contributed by atoms with Crippen LogP contribution >= 0.6 is 23.4 Å². The molecule has 1 saturated heterocycles. The Morgan fingerprint density at radius 1 is 1.34 bits per heavy atom. The summed E-state index contributed by atoms with van der Waals surface area (Å²) in [5.41, 5.74) is 1.72. The largest absolute Gasteiger partial charge is 0.453 e. The van der Waals surface area contributed by atoms with Gasteiger partial charge in [0.15, 0.2) is 16.0 Å². The van der Waals surface area contributed by atoms with E-state index in [9.17, 15) is 4.79 Å². The van der Waals surface area contributed by atoms with Crippen molar-refractivity contribution in [1.29, 1.82) is 0 Å². The number of halogens is 1. The Morgan fingerprint density at radius 2 is 2.21 bits per heavy atom. The van der Waals surface area contributed by atoms with E-state index in [0.29, 0.717) is 11.6 Å². The van der Waals surface area contributed by atoms with Crippen molar-refractivity contribution in [2.45, 2.75) is 36.6 Å². The van der Waals surface area contributed by atoms with Gasteiger partial charge in [-0.2, -0.15) is 0 Å². The van der Waals surface area contributed by atoms with E-state index in [-0.39, 0.29) is 11.7 Å². The van der Waals surface area contributed by atoms with E-state index in [1.807, 2.05) is 42.8 Å². The van der Waals surface area contributed by atoms with E-state index in [0.717, 1.165) is 53.1 Å². The molecule has 0 aliphatic carbocycles. The molecule has 3 heterocycles. The number of Topliss-reactive ketones (excluding diaryl/α,β-unsaturated/α-hetero) is 1. The summed E-state index contributed by atoms with van der Waals surface area (Å²) in [7, 11) is 1.90. The lowest BCUT2D eigenvalue weighted by molar-refractivity contribution is 0.0800. The molecule has 8 heteroatoms. The van der Waals surface area contributed by atoms with Gasteiger partial charge in [-0.25, -0.2) is 0 Å². The van der Waals surface area contributed by atoms with Crippen LogP contribution in [0.15, 0.2) is 51.3 Å². The molecule has 1 aliphatic rings. The first-order chi connectivity index (χ1) is 14.0. The van der Waals surface area contributed by atoms with Crippen molar-refractivity contribution in [2.24, 2.45) is 13.0 Å². The summed E-state index contributed by atoms with van der Waals surface area (Å²) >= 11 is 7.48. The van der Waals surface area contributed by atoms with E-state index in [2.05, 4.69) is 15.1 Å². The summed E-state index contributed by atoms with van der Waals surface area (Å²) in [6.07, 6.45) is 3.59. The van der Waals surface area contributed by atoms with Gasteiger partial charge in [0.2, 0.25) is 0 Å². The maximum atomic E-state index is 13.0. The molecule has 152 valence electrons. The Labute approximate surface area is 179 Å². The number of carbonyl (C=O) groups is 1. The average molecular weight is 431 g/mol. The number of aryl methyl sites for hydroxylation is 2. The number of hydrogen-bond donors (Lipinski definition) is 0. The molecule has 1 aliphatic heterocycles. The zero-order valence-electron chi connectivity index (χ0n) is 16.5. The first kappa shape index (κ1) is 20.2. The molecule has 0 N–H and O–H groups in total. The van der Waals surface area contributed by atoms with Gasteiger partial charge in [0.1, 0.15) is 12.1 Å². The van der Waals surface area contributed by atoms with Gasteiger partial charge < -0.3 is 8.98 Å². The Hall–Kier alpha value is -2.09. The van der Waals surface area contributed by atoms with Crippen LogP contribution in [-0.2, 0) is 13.6 Å². The van der Waals surface area contributed by atoms with Crippen LogP contribution in [0.1, 0.15) is 34.5 Å². The van der Waals surface area contributed by atoms with E-state index < -0.39 is 0 Å². The highest BCUT2D eigenvalue weighted by atomic mass is 35.5. The fourth-order valence-electron chi connectivity index (χ4n) is 3.71. The average Bonchev–Trinajstić information content (AvgIpc) is 3.31. The van der Waals surface area contributed by atoms with E-state index in [1.54, 1.807) is 12.4 Å². The van der Waals surface area contributed by atoms with Crippen LogP contribution < -0.4 is 0 Å². The van der Waals surface area contributed by atoms with Crippen LogP contribution in [-0.4, -0.2) is 38.5 Å². The maximum Gasteiger partial charge on any atom is 0.198 e. The lowest BCUT2D eigenvalue weighted by atomic mass is 9.88. The standard InChI is InChI=1S/C21H23ClN4O2S/c1-14-10-16(22)5-7-18(14)20(27)15-4-3-9-26(11-15)12-17-6-8-19(28-17)29-21-24-23-13-25(21)2/h5-8,10,13,15H,3-4,9,11-12H2,1-2H3/t15-/m1/s1. The summed E-state index contributed by atoms with van der Waals surface area (Å²) in [5.74, 6) is 1.11. The van der Waals surface area contributed by atoms with Crippen LogP contribution in [0.3, 0.4) is 0 Å². The summed E-state index contributed by atoms with van der Waals surface area (Å²) in [6, 6.07) is 9.45. The quantitative estimate of drug-likeness (QED) is 0.532. The summed E-state index contributed by atoms with van der Waals surface area (Å²) in [6.45, 7) is 4.35. The number of aromatic nitrogens is 3. The van der Waals surface area contributed by atoms with Crippen LogP contribution in [0.5, 0.6) is 0 Å². The van der Waals surface area contributed by atoms with E-state index in [1.165, 1.54) is 11.8 Å². The number of nitrogens with zero attached hydrogens (tertiary/aromatic N) is 4. The first-order valence-electron chi connectivity index (χ1n) is 9.63. The monoisotopic (exact) mass is 430 g/mol. The molecular weight excluding hydrogens is 408 g/mol. The zero-order chi connectivity index (χ0) is 20.4. The molecule has 29 heavy (non-hydrogen) atoms. The molecule has 3 aromatic rings. The number of likely N-dealkylation sites (tertiary alicyclic amines) is 1. The SMILES string of the molecule is Cc1cc(Cl)ccc1C(=O)[C@@H]1CCCN(Cc2ccc(Sc3nncn3C)o2)C1. The van der Waals surface area contributed by atoms with Crippen molar-refractivity contribution in [3.63, 3.8) is 0 Å². The molecule has 1 aromatic carbocycles. The van der Waals surface area contributed by atoms with Crippen molar-refractivity contribution in [1.82, 2.24) is 19.7 Å². The Bertz CT molecular complexity index is 1020. The second-order valence-electron chi connectivity index (χ2n) is 7.44. The molecule has 0 bridgehead atoms. The molecule has 0 spiro atoms. The van der Waals surface area contributed by atoms with Crippen molar-refractivity contribution in [2.75, 3.05) is 13.1 Å². The third kappa shape index (κ3) is 4.74. The molecule has 1 fully saturated rings. The van der Waals surface area contributed by atoms with E-state index in [4.69, 9.17) is 16.0 Å². The molecular formula is C21H23ClN4O2S. The van der Waals surface area contributed by atoms with Gasteiger partial charge in [0.05, 0.1) is 6.54 Å². The highest BCUT2D eigenvalue weighted by Gasteiger charge is 2.28. The first-order valence-corrected chi connectivity index (χ1v) is 10.8. The number of carbonyl (C=O) groups excluding carboxylic acids is 1. The lowest BCUT2D eigenvalue weighted by Crippen LogP contribution is -2.38. The minimum absolute atomic E-state index is 0.00563. The number of hydrogen-bond acceptors (Lipinski definition) is 6. The van der Waals surface area contributed by atoms with Crippen molar-refractivity contribution in [3.05, 3.63) is 58.6 Å². The number of ketones is 1. The topological polar surface area (TPSA) is 64.2 Å². The van der Waals surface area contributed by atoms with Gasteiger partial charge in [-0.05, 0) is 74.0 Å². The van der Waals surface area contributed by atoms with Gasteiger partial charge in [-0.15, -0.1) is 10.2 Å². The smallest absolute Gasteiger partial charge is 0.198 e. The van der Waals surface area contributed by atoms with Crippen LogP contribution in [0.25, 0.3) is 0 Å². The van der Waals surface area contributed by atoms with Gasteiger partial charge in [-0.3, -0.25) is 9.69 Å². The number of benzene rings is 1. The van der Waals surface area contributed by atoms with Crippen molar-refractivity contribution >= 4 is 29.1 Å². The molecule has 0 saturated carbocycles. The zero-order valence-corrected chi connectivity index (χ0v) is 18.0. The summed E-state index contributed by atoms with van der Waals surface area (Å²) in [5, 5.41) is 10.2. The second-order valence-corrected chi connectivity index (χ2v) is 8.85. The highest BCUT2D eigenvalue weighted by Crippen LogP contribution is 2.29. The third-order valence-electron chi connectivity index (χ3n) is 5.21. The molecule has 0 radical (unpaired) electrons. The number of piperidine rings is 1. The van der Waals surface area contributed by atoms with Gasteiger partial charge in [0.25, 0.3) is 0 Å². The predicted molar refractivity (Wildman–Crippen MR) is 112 cm³/mol. The van der Waals surface area contributed by atoms with Crippen molar-refractivity contribution < 1.29 is 9.21 Å². The van der Waals surface area contributed by atoms with Gasteiger partial charge in [0, 0.05) is 30.1 Å². The minimum Gasteiger partial charge on any atom is -0.453 e. The molecule has 0 amide bonds. The second kappa shape index (κ2) is 8.73. The van der Waals surface area contributed by atoms with Gasteiger partial charge >= 0.3 is 0 Å². The Kier molecular flexibility index (Phi) is 6.08. The molecule has 4 rings (SSSR count). The fourth-order valence-corrected chi connectivity index (χ4v) is 4.68. The van der Waals surface area contributed by atoms with Gasteiger partial charge in [-0.1, -0.05) is 11.6 Å². The molecule has 0 unspecified atom stereocenters. The Morgan fingerprint density at radius 3 is 2.97 bits per heavy atom. The highest BCUT2D eigenvalue weighted by molar-refractivity contribution is 7.99. The number of rotatable bonds is 6. The molecule has 1 atom stereocenters.